The number of rotatable bonds is 10. The summed E-state index contributed by atoms with van der Waals surface area (Å²) in [7, 11) is 4.88. The van der Waals surface area contributed by atoms with Crippen molar-refractivity contribution >= 4 is 109 Å². The van der Waals surface area contributed by atoms with Crippen LogP contribution in [0, 0.1) is 0 Å². The molecule has 30 nitrogen and oxygen atoms in total. The molecule has 7 aromatic heterocycles. The predicted octanol–water partition coefficient (Wildman–Crippen LogP) is 4.24. The molecule has 500 valence electrons. The Hall–Kier alpha value is -8.30. The van der Waals surface area contributed by atoms with Crippen LogP contribution in [0.3, 0.4) is 0 Å². The topological polar surface area (TPSA) is 405 Å². The van der Waals surface area contributed by atoms with Crippen molar-refractivity contribution in [2.45, 2.75) is 114 Å². The van der Waals surface area contributed by atoms with E-state index in [-0.39, 0.29) is 113 Å². The second kappa shape index (κ2) is 27.4. The van der Waals surface area contributed by atoms with Gasteiger partial charge in [0.15, 0.2) is 18.1 Å². The first-order valence-corrected chi connectivity index (χ1v) is 33.9. The Morgan fingerprint density at radius 2 is 1.54 bits per heavy atom. The van der Waals surface area contributed by atoms with Crippen LogP contribution in [-0.2, 0) is 57.8 Å². The molecule has 0 spiro atoms. The molecule has 10 atom stereocenters. The molecule has 0 aliphatic carbocycles. The maximum atomic E-state index is 15.2. The minimum absolute atomic E-state index is 0.00631. The first-order chi connectivity index (χ1) is 45.5. The summed E-state index contributed by atoms with van der Waals surface area (Å²) in [5, 5.41) is 78.8. The highest BCUT2D eigenvalue weighted by atomic mass is 32.1. The van der Waals surface area contributed by atoms with E-state index in [1.807, 2.05) is 0 Å². The molecular weight excluding hydrogens is 1340 g/mol. The first kappa shape index (κ1) is 66.7. The van der Waals surface area contributed by atoms with E-state index < -0.39 is 122 Å². The van der Waals surface area contributed by atoms with E-state index in [1.165, 1.54) is 60.6 Å². The molecular formula is C60H63N13O17S5. The van der Waals surface area contributed by atoms with Gasteiger partial charge in [0.2, 0.25) is 5.91 Å². The Kier molecular flexibility index (Phi) is 19.3. The quantitative estimate of drug-likeness (QED) is 0.0396. The predicted molar refractivity (Wildman–Crippen MR) is 343 cm³/mol. The normalized spacial score (nSPS) is 24.6. The van der Waals surface area contributed by atoms with Crippen molar-refractivity contribution in [3.8, 4) is 38.4 Å². The number of allylic oxidation sites excluding steroid dienone is 1. The van der Waals surface area contributed by atoms with Gasteiger partial charge in [-0.2, -0.15) is 4.73 Å². The minimum atomic E-state index is -1.89. The van der Waals surface area contributed by atoms with Crippen molar-refractivity contribution in [2.75, 3.05) is 41.0 Å². The molecule has 10 N–H and O–H groups in total. The number of carbonyl (C=O) groups is 6. The molecule has 1 saturated heterocycles. The number of carbonyl (C=O) groups excluding carboxylic acids is 6. The van der Waals surface area contributed by atoms with Gasteiger partial charge < -0.3 is 85.5 Å². The van der Waals surface area contributed by atoms with Crippen LogP contribution in [0.15, 0.2) is 56.9 Å². The molecule has 95 heavy (non-hydrogen) atoms. The summed E-state index contributed by atoms with van der Waals surface area (Å²) in [6.45, 7) is 4.90. The van der Waals surface area contributed by atoms with E-state index in [2.05, 4.69) is 41.5 Å². The van der Waals surface area contributed by atoms with Crippen LogP contribution in [0.1, 0.15) is 120 Å². The van der Waals surface area contributed by atoms with Crippen LogP contribution in [0.25, 0.3) is 49.3 Å². The fourth-order valence-corrected chi connectivity index (χ4v) is 16.0. The van der Waals surface area contributed by atoms with Crippen LogP contribution in [0.5, 0.6) is 5.75 Å². The number of esters is 2. The lowest BCUT2D eigenvalue weighted by atomic mass is 9.85. The average molecular weight is 1400 g/mol. The van der Waals surface area contributed by atoms with E-state index in [9.17, 15) is 40.0 Å². The SMILES string of the molecule is CO/C(C)=C1/NC(=O)[C@H]([C@@H](C)O)NC(=O)c2csc(n2)-c2cc(O)c(-c3nc(CNCCO)cs3)nc2-c2csc(n2)[C@@H]2COC(=O)c3c4c5c(cccc5n3O)COC(=O)[C@@H](O[C@H]3C[C@](C)(O)[C@H](N(C)C)[C@H](C)O3)[C@@H](OC4)[C@H](NC(=O)c3csc1n3)c1nc(cs1)C(=O)N2. The fourth-order valence-electron chi connectivity index (χ4n) is 11.8. The lowest BCUT2D eigenvalue weighted by Crippen LogP contribution is -2.62. The monoisotopic (exact) mass is 1400 g/mol. The van der Waals surface area contributed by atoms with Gasteiger partial charge in [0.1, 0.15) is 114 Å². The molecule has 35 heteroatoms. The van der Waals surface area contributed by atoms with Crippen molar-refractivity contribution in [3.63, 3.8) is 0 Å². The summed E-state index contributed by atoms with van der Waals surface area (Å²) in [5.74, 6) is -6.00. The van der Waals surface area contributed by atoms with E-state index in [0.717, 1.165) is 45.3 Å². The van der Waals surface area contributed by atoms with Gasteiger partial charge in [-0.25, -0.2) is 39.5 Å². The number of amides is 4. The molecule has 8 aromatic rings. The summed E-state index contributed by atoms with van der Waals surface area (Å²) in [6.07, 6.45) is -7.41. The highest BCUT2D eigenvalue weighted by Crippen LogP contribution is 2.43. The van der Waals surface area contributed by atoms with Crippen LogP contribution < -0.4 is 26.6 Å². The number of nitrogens with zero attached hydrogens (tertiary/aromatic N) is 8. The molecule has 0 unspecified atom stereocenters. The van der Waals surface area contributed by atoms with Crippen LogP contribution in [0.4, 0.5) is 0 Å². The molecule has 0 saturated carbocycles. The molecule has 4 amide bonds. The van der Waals surface area contributed by atoms with Gasteiger partial charge in [0.25, 0.3) is 17.7 Å². The second-order valence-corrected chi connectivity index (χ2v) is 27.4. The molecule has 12 rings (SSSR count). The maximum absolute atomic E-state index is 15.2. The Morgan fingerprint density at radius 3 is 2.27 bits per heavy atom. The highest BCUT2D eigenvalue weighted by molar-refractivity contribution is 7.14. The zero-order valence-corrected chi connectivity index (χ0v) is 55.7. The number of aromatic nitrogens is 7. The number of aromatic hydroxyl groups is 1. The summed E-state index contributed by atoms with van der Waals surface area (Å²) < 4.78 is 38.3. The summed E-state index contributed by atoms with van der Waals surface area (Å²) in [5.41, 5.74) is -1.22. The number of ether oxygens (including phenoxy) is 6. The molecule has 1 aromatic carbocycles. The number of likely N-dealkylation sites (N-methyl/N-ethyl adjacent to an activating group) is 1. The number of cyclic esters (lactones) is 2. The standard InChI is InChI=1S/C60H63N13O17S5/c1-24(75)40-52(80)70-41(25(2)85-7)55-66-35(23-94-55)51(79)71-44-46-47(90-38-14-60(4,83)48(72(5)6)26(3)89-38)59(82)87-16-27-9-8-10-36-39(27)30(17-86-46)45(73(36)84)58(81)88-18-31(63-49(77)33-22-95-57(44)67-33)54-64-32(20-93-54)42-29(53-65-34(21-92-53)50(78)69-40)13-37(76)43(68-42)56-62-28(19-91-56)15-61-11-12-74/h8-10,13,19-24,26,31,38,40,44,46-48,61,74-76,83-84H,11-12,14-18H2,1-7H3,(H,63,77)(H,69,78)(H,70,80)(H,71,79)/b41-25+/t24-,26+,31+,38+,40+,44+,46+,47+,48-,60+/m1/s1. The Balaban J connectivity index is 1.04. The number of aliphatic hydroxyl groups is 3. The minimum Gasteiger partial charge on any atom is -0.506 e. The van der Waals surface area contributed by atoms with Crippen LogP contribution in [-0.4, -0.2) is 190 Å². The molecule has 0 radical (unpaired) electrons. The molecule has 4 aliphatic rings. The van der Waals surface area contributed by atoms with Gasteiger partial charge in [0.05, 0.1) is 55.4 Å². The van der Waals surface area contributed by atoms with E-state index in [0.29, 0.717) is 27.5 Å². The Morgan fingerprint density at radius 1 is 0.853 bits per heavy atom. The third-order valence-electron chi connectivity index (χ3n) is 16.2. The first-order valence-electron chi connectivity index (χ1n) is 29.5. The number of hydrogen-bond acceptors (Lipinski definition) is 30. The third-order valence-corrected chi connectivity index (χ3v) is 20.7. The number of benzene rings is 1. The summed E-state index contributed by atoms with van der Waals surface area (Å²) in [4.78, 5) is 119. The number of hydrogen-bond donors (Lipinski definition) is 10. The van der Waals surface area contributed by atoms with Gasteiger partial charge in [0, 0.05) is 62.9 Å². The zero-order chi connectivity index (χ0) is 67.3. The largest absolute Gasteiger partial charge is 0.506 e. The van der Waals surface area contributed by atoms with Crippen LogP contribution in [0.2, 0.25) is 0 Å². The highest BCUT2D eigenvalue weighted by Gasteiger charge is 2.50. The average Bonchev–Trinajstić information content (AvgIpc) is 1.64. The van der Waals surface area contributed by atoms with E-state index >= 15 is 14.4 Å². The third kappa shape index (κ3) is 13.4. The molecule has 11 heterocycles. The molecule has 12 bridgehead atoms. The lowest BCUT2D eigenvalue weighted by Gasteiger charge is -2.48. The van der Waals surface area contributed by atoms with Gasteiger partial charge in [-0.3, -0.25) is 19.2 Å². The van der Waals surface area contributed by atoms with Crippen molar-refractivity contribution in [1.82, 2.24) is 66.1 Å². The number of thiazole rings is 5. The number of aliphatic hydroxyl groups excluding tert-OH is 2. The lowest BCUT2D eigenvalue weighted by molar-refractivity contribution is -0.280. The Bertz CT molecular complexity index is 4320. The smallest absolute Gasteiger partial charge is 0.358 e. The van der Waals surface area contributed by atoms with E-state index in [4.69, 9.17) is 43.4 Å². The number of methoxy groups -OCH3 is 1. The van der Waals surface area contributed by atoms with Crippen LogP contribution >= 0.6 is 56.7 Å². The maximum Gasteiger partial charge on any atom is 0.358 e. The van der Waals surface area contributed by atoms with Gasteiger partial charge in [-0.05, 0) is 59.5 Å². The number of nitrogens with one attached hydrogen (secondary N) is 5. The van der Waals surface area contributed by atoms with Gasteiger partial charge in [-0.15, -0.1) is 56.7 Å². The van der Waals surface area contributed by atoms with Gasteiger partial charge in [-0.1, -0.05) is 12.1 Å². The summed E-state index contributed by atoms with van der Waals surface area (Å²) in [6, 6.07) is 0.974. The van der Waals surface area contributed by atoms with Crippen molar-refractivity contribution in [2.24, 2.45) is 0 Å². The number of pyridine rings is 1. The second-order valence-electron chi connectivity index (χ2n) is 23.0. The van der Waals surface area contributed by atoms with Gasteiger partial charge >= 0.3 is 11.9 Å². The Labute approximate surface area is 559 Å². The zero-order valence-electron chi connectivity index (χ0n) is 51.6. The fraction of sp³-hybridized carbons (Fsp3) is 0.400. The number of fused-ring (bicyclic) bond motifs is 15. The molecule has 1 fully saturated rings. The van der Waals surface area contributed by atoms with E-state index in [1.54, 1.807) is 55.7 Å². The van der Waals surface area contributed by atoms with Crippen molar-refractivity contribution < 1.29 is 82.8 Å². The van der Waals surface area contributed by atoms with Crippen molar-refractivity contribution in [3.05, 3.63) is 112 Å². The van der Waals surface area contributed by atoms with Crippen molar-refractivity contribution in [1.29, 1.82) is 0 Å². The molecule has 4 aliphatic heterocycles. The summed E-state index contributed by atoms with van der Waals surface area (Å²) >= 11 is 4.95.